The van der Waals surface area contributed by atoms with Crippen molar-refractivity contribution in [1.82, 2.24) is 0 Å². The fourth-order valence-corrected chi connectivity index (χ4v) is 7.96. The summed E-state index contributed by atoms with van der Waals surface area (Å²) in [6.07, 6.45) is 9.74. The van der Waals surface area contributed by atoms with Crippen LogP contribution in [-0.4, -0.2) is 23.8 Å². The second-order valence-corrected chi connectivity index (χ2v) is 10.3. The Labute approximate surface area is 174 Å². The second kappa shape index (κ2) is 7.51. The number of hydrogen-bond acceptors (Lipinski definition) is 3. The smallest absolute Gasteiger partial charge is 0.367 e. The molecular weight excluding hydrogens is 367 g/mol. The van der Waals surface area contributed by atoms with Crippen LogP contribution in [0.2, 0.25) is 0 Å². The number of esters is 1. The fraction of sp³-hybridized carbons (Fsp3) is 0.800. The van der Waals surface area contributed by atoms with E-state index < -0.39 is 11.8 Å². The van der Waals surface area contributed by atoms with E-state index in [-0.39, 0.29) is 23.5 Å². The van der Waals surface area contributed by atoms with Crippen LogP contribution in [-0.2, 0) is 9.53 Å². The molecular formula is C25H37FO3. The zero-order chi connectivity index (χ0) is 21.0. The molecule has 0 amide bonds. The van der Waals surface area contributed by atoms with Gasteiger partial charge in [0.1, 0.15) is 0 Å². The monoisotopic (exact) mass is 404 g/mol. The summed E-state index contributed by atoms with van der Waals surface area (Å²) in [5.41, 5.74) is 2.12. The molecule has 7 atom stereocenters. The minimum absolute atomic E-state index is 0.157. The average molecular weight is 405 g/mol. The first-order valence-electron chi connectivity index (χ1n) is 11.7. The molecule has 1 N–H and O–H groups in total. The third-order valence-electron chi connectivity index (χ3n) is 9.39. The van der Waals surface area contributed by atoms with Gasteiger partial charge in [0.25, 0.3) is 0 Å². The molecule has 4 heteroatoms. The Kier molecular flexibility index (Phi) is 5.46. The van der Waals surface area contributed by atoms with Crippen molar-refractivity contribution >= 4 is 5.97 Å². The molecule has 0 aromatic rings. The summed E-state index contributed by atoms with van der Waals surface area (Å²) in [7, 11) is 0. The zero-order valence-electron chi connectivity index (χ0n) is 18.5. The molecule has 29 heavy (non-hydrogen) atoms. The van der Waals surface area contributed by atoms with Crippen molar-refractivity contribution < 1.29 is 19.0 Å². The van der Waals surface area contributed by atoms with Gasteiger partial charge in [0, 0.05) is 0 Å². The van der Waals surface area contributed by atoms with Crippen LogP contribution in [0.5, 0.6) is 0 Å². The molecule has 0 spiro atoms. The van der Waals surface area contributed by atoms with Crippen LogP contribution >= 0.6 is 0 Å². The quantitative estimate of drug-likeness (QED) is 0.371. The first kappa shape index (κ1) is 21.1. The Morgan fingerprint density at radius 2 is 2.03 bits per heavy atom. The normalized spacial score (nSPS) is 45.6. The van der Waals surface area contributed by atoms with E-state index in [1.807, 2.05) is 0 Å². The summed E-state index contributed by atoms with van der Waals surface area (Å²) in [5.74, 6) is 0.678. The highest BCUT2D eigenvalue weighted by atomic mass is 19.1. The highest BCUT2D eigenvalue weighted by molar-refractivity contribution is 5.87. The Morgan fingerprint density at radius 3 is 2.72 bits per heavy atom. The zero-order valence-corrected chi connectivity index (χ0v) is 18.5. The van der Waals surface area contributed by atoms with Crippen LogP contribution in [0.1, 0.15) is 79.1 Å². The maximum Gasteiger partial charge on any atom is 0.367 e. The number of rotatable bonds is 3. The van der Waals surface area contributed by atoms with Crippen molar-refractivity contribution in [3.05, 3.63) is 23.0 Å². The van der Waals surface area contributed by atoms with Crippen LogP contribution in [0.15, 0.2) is 23.0 Å². The number of hydrogen-bond donors (Lipinski definition) is 1. The van der Waals surface area contributed by atoms with Crippen molar-refractivity contribution in [3.8, 4) is 0 Å². The summed E-state index contributed by atoms with van der Waals surface area (Å²) in [4.78, 5) is 12.1. The molecule has 0 radical (unpaired) electrons. The lowest BCUT2D eigenvalue weighted by Crippen LogP contribution is -2.53. The van der Waals surface area contributed by atoms with Gasteiger partial charge in [-0.05, 0) is 91.9 Å². The Bertz CT molecular complexity index is 740. The molecule has 3 saturated carbocycles. The van der Waals surface area contributed by atoms with Crippen molar-refractivity contribution in [3.63, 3.8) is 0 Å². The average Bonchev–Trinajstić information content (AvgIpc) is 3.04. The summed E-state index contributed by atoms with van der Waals surface area (Å²) in [5, 5.41) is 10.4. The topological polar surface area (TPSA) is 46.5 Å². The summed E-state index contributed by atoms with van der Waals surface area (Å²) >= 11 is 0. The molecule has 0 heterocycles. The van der Waals surface area contributed by atoms with Gasteiger partial charge in [-0.25, -0.2) is 4.79 Å². The van der Waals surface area contributed by atoms with Gasteiger partial charge in [-0.3, -0.25) is 0 Å². The third-order valence-corrected chi connectivity index (χ3v) is 9.39. The van der Waals surface area contributed by atoms with E-state index in [4.69, 9.17) is 4.74 Å². The highest BCUT2D eigenvalue weighted by Gasteiger charge is 2.59. The Morgan fingerprint density at radius 1 is 1.28 bits per heavy atom. The molecule has 4 rings (SSSR count). The minimum atomic E-state index is -0.781. The maximum atomic E-state index is 15.0. The standard InChI is InChI=1S/C25H37FO3/c1-5-15-13-17(27)14-16-7-8-18-19-9-10-21(22(26)23(28)29-6-2)24(19,3)12-11-20(18)25(15,16)4/h7,15,17-20,27H,5-6,8-14H2,1-4H3/t15-,17-,18-,19-,20-,24-,25-/m0/s1. The van der Waals surface area contributed by atoms with Crippen LogP contribution in [0.4, 0.5) is 4.39 Å². The van der Waals surface area contributed by atoms with Crippen molar-refractivity contribution in [1.29, 1.82) is 0 Å². The van der Waals surface area contributed by atoms with Gasteiger partial charge in [-0.15, -0.1) is 0 Å². The number of halogens is 1. The first-order valence-corrected chi connectivity index (χ1v) is 11.7. The molecule has 3 fully saturated rings. The number of carbonyl (C=O) groups is 1. The molecule has 4 aliphatic carbocycles. The van der Waals surface area contributed by atoms with Gasteiger partial charge in [0.2, 0.25) is 5.83 Å². The van der Waals surface area contributed by atoms with E-state index in [1.54, 1.807) is 6.92 Å². The molecule has 4 aliphatic rings. The van der Waals surface area contributed by atoms with E-state index in [9.17, 15) is 14.3 Å². The van der Waals surface area contributed by atoms with Crippen LogP contribution in [0.3, 0.4) is 0 Å². The number of aliphatic hydroxyl groups excluding tert-OH is 1. The molecule has 3 nitrogen and oxygen atoms in total. The lowest BCUT2D eigenvalue weighted by molar-refractivity contribution is -0.140. The molecule has 0 unspecified atom stereocenters. The predicted molar refractivity (Wildman–Crippen MR) is 112 cm³/mol. The summed E-state index contributed by atoms with van der Waals surface area (Å²) < 4.78 is 20.0. The van der Waals surface area contributed by atoms with Gasteiger partial charge >= 0.3 is 5.97 Å². The maximum absolute atomic E-state index is 15.0. The van der Waals surface area contributed by atoms with Gasteiger partial charge in [-0.2, -0.15) is 4.39 Å². The van der Waals surface area contributed by atoms with Gasteiger partial charge in [0.05, 0.1) is 12.7 Å². The largest absolute Gasteiger partial charge is 0.461 e. The molecule has 0 aromatic carbocycles. The van der Waals surface area contributed by atoms with Gasteiger partial charge in [0.15, 0.2) is 0 Å². The van der Waals surface area contributed by atoms with E-state index in [0.717, 1.165) is 44.9 Å². The van der Waals surface area contributed by atoms with Crippen LogP contribution in [0, 0.1) is 34.5 Å². The minimum Gasteiger partial charge on any atom is -0.461 e. The Balaban J connectivity index is 1.68. The van der Waals surface area contributed by atoms with Gasteiger partial charge in [-0.1, -0.05) is 38.8 Å². The molecule has 0 aliphatic heterocycles. The SMILES string of the molecule is CCOC(=O)C(F)=C1CC[C@H]2[C@@H]3CC=C4C[C@@H](O)C[C@H](CC)[C@]4(C)[C@H]3CC[C@]12C. The summed E-state index contributed by atoms with van der Waals surface area (Å²) in [6, 6.07) is 0. The van der Waals surface area contributed by atoms with Crippen LogP contribution < -0.4 is 0 Å². The highest BCUT2D eigenvalue weighted by Crippen LogP contribution is 2.67. The van der Waals surface area contributed by atoms with Gasteiger partial charge < -0.3 is 9.84 Å². The van der Waals surface area contributed by atoms with E-state index in [1.165, 1.54) is 5.57 Å². The number of fused-ring (bicyclic) bond motifs is 5. The Hall–Kier alpha value is -1.16. The van der Waals surface area contributed by atoms with E-state index in [2.05, 4.69) is 26.8 Å². The molecule has 0 saturated heterocycles. The molecule has 0 bridgehead atoms. The number of carbonyl (C=O) groups excluding carboxylic acids is 1. The second-order valence-electron chi connectivity index (χ2n) is 10.3. The first-order chi connectivity index (χ1) is 13.8. The predicted octanol–water partition coefficient (Wildman–Crippen LogP) is 5.73. The molecule has 0 aromatic heterocycles. The number of allylic oxidation sites excluding steroid dienone is 2. The van der Waals surface area contributed by atoms with Crippen LogP contribution in [0.25, 0.3) is 0 Å². The van der Waals surface area contributed by atoms with Crippen molar-refractivity contribution in [2.75, 3.05) is 6.61 Å². The lowest BCUT2D eigenvalue weighted by Gasteiger charge is -2.60. The lowest BCUT2D eigenvalue weighted by atomic mass is 9.45. The van der Waals surface area contributed by atoms with Crippen molar-refractivity contribution in [2.24, 2.45) is 34.5 Å². The van der Waals surface area contributed by atoms with E-state index >= 15 is 0 Å². The fourth-order valence-electron chi connectivity index (χ4n) is 7.96. The number of ether oxygens (including phenoxy) is 1. The molecule has 162 valence electrons. The summed E-state index contributed by atoms with van der Waals surface area (Å²) in [6.45, 7) is 8.83. The van der Waals surface area contributed by atoms with E-state index in [0.29, 0.717) is 35.7 Å². The van der Waals surface area contributed by atoms with Crippen molar-refractivity contribution in [2.45, 2.75) is 85.2 Å². The third kappa shape index (κ3) is 3.04. The number of aliphatic hydroxyl groups is 1.